The van der Waals surface area contributed by atoms with Gasteiger partial charge < -0.3 is 10.2 Å². The van der Waals surface area contributed by atoms with E-state index in [1.54, 1.807) is 12.1 Å². The summed E-state index contributed by atoms with van der Waals surface area (Å²) in [4.78, 5) is 11.4. The molecular weight excluding hydrogens is 268 g/mol. The molecule has 0 heterocycles. The molecule has 0 aliphatic heterocycles. The summed E-state index contributed by atoms with van der Waals surface area (Å²) in [6, 6.07) is 5.20. The predicted octanol–water partition coefficient (Wildman–Crippen LogP) is 2.29. The summed E-state index contributed by atoms with van der Waals surface area (Å²) in [6.45, 7) is 0. The number of aliphatic hydroxyl groups excluding tert-OH is 1. The van der Waals surface area contributed by atoms with Crippen molar-refractivity contribution in [3.8, 4) is 0 Å². The van der Waals surface area contributed by atoms with Gasteiger partial charge in [0.15, 0.2) is 6.10 Å². The van der Waals surface area contributed by atoms with Crippen LogP contribution in [0.15, 0.2) is 27.6 Å². The third-order valence-electron chi connectivity index (χ3n) is 1.72. The first-order valence-electron chi connectivity index (χ1n) is 3.80. The molecule has 1 aromatic rings. The van der Waals surface area contributed by atoms with Gasteiger partial charge in [0.25, 0.3) is 0 Å². The minimum absolute atomic E-state index is 0.416. The molecule has 1 atom stereocenters. The van der Waals surface area contributed by atoms with Crippen LogP contribution in [0, 0.1) is 0 Å². The van der Waals surface area contributed by atoms with E-state index in [1.807, 2.05) is 12.3 Å². The monoisotopic (exact) mass is 276 g/mol. The molecule has 0 bridgehead atoms. The van der Waals surface area contributed by atoms with Gasteiger partial charge in [-0.2, -0.15) is 0 Å². The van der Waals surface area contributed by atoms with Gasteiger partial charge in [0.1, 0.15) is 0 Å². The zero-order chi connectivity index (χ0) is 10.7. The first kappa shape index (κ1) is 11.6. The van der Waals surface area contributed by atoms with E-state index in [0.717, 1.165) is 9.37 Å². The number of carboxylic acids is 1. The third-order valence-corrected chi connectivity index (χ3v) is 3.03. The van der Waals surface area contributed by atoms with Crippen LogP contribution in [0.25, 0.3) is 0 Å². The molecule has 0 radical (unpaired) electrons. The van der Waals surface area contributed by atoms with Crippen LogP contribution < -0.4 is 0 Å². The molecule has 0 aliphatic carbocycles. The number of benzene rings is 1. The van der Waals surface area contributed by atoms with E-state index >= 15 is 0 Å². The molecule has 3 nitrogen and oxygen atoms in total. The van der Waals surface area contributed by atoms with Gasteiger partial charge in [0.05, 0.1) is 0 Å². The molecule has 0 saturated carbocycles. The van der Waals surface area contributed by atoms with E-state index in [1.165, 1.54) is 11.8 Å². The number of rotatable bonds is 3. The fourth-order valence-corrected chi connectivity index (χ4v) is 2.04. The number of carbonyl (C=O) groups is 1. The van der Waals surface area contributed by atoms with E-state index < -0.39 is 12.1 Å². The number of hydrogen-bond acceptors (Lipinski definition) is 3. The number of hydrogen-bond donors (Lipinski definition) is 2. The second-order valence-electron chi connectivity index (χ2n) is 2.63. The number of thioether (sulfide) groups is 1. The van der Waals surface area contributed by atoms with Crippen LogP contribution >= 0.6 is 27.7 Å². The van der Waals surface area contributed by atoms with Crippen molar-refractivity contribution in [2.45, 2.75) is 11.0 Å². The molecule has 0 saturated heterocycles. The normalized spacial score (nSPS) is 12.5. The largest absolute Gasteiger partial charge is 0.479 e. The molecule has 1 aromatic carbocycles. The first-order chi connectivity index (χ1) is 6.56. The molecule has 76 valence electrons. The lowest BCUT2D eigenvalue weighted by Gasteiger charge is -2.10. The van der Waals surface area contributed by atoms with E-state index in [2.05, 4.69) is 15.9 Å². The van der Waals surface area contributed by atoms with Crippen molar-refractivity contribution in [3.05, 3.63) is 28.2 Å². The summed E-state index contributed by atoms with van der Waals surface area (Å²) < 4.78 is 0.755. The lowest BCUT2D eigenvalue weighted by molar-refractivity contribution is -0.147. The second kappa shape index (κ2) is 4.82. The van der Waals surface area contributed by atoms with Gasteiger partial charge in [0, 0.05) is 14.9 Å². The van der Waals surface area contributed by atoms with Gasteiger partial charge in [-0.25, -0.2) is 4.79 Å². The van der Waals surface area contributed by atoms with Crippen molar-refractivity contribution in [3.63, 3.8) is 0 Å². The summed E-state index contributed by atoms with van der Waals surface area (Å²) >= 11 is 4.64. The highest BCUT2D eigenvalue weighted by Gasteiger charge is 2.19. The molecular formula is C9H9BrO3S. The second-order valence-corrected chi connectivity index (χ2v) is 4.39. The maximum absolute atomic E-state index is 10.6. The molecule has 0 aliphatic rings. The zero-order valence-electron chi connectivity index (χ0n) is 7.40. The quantitative estimate of drug-likeness (QED) is 0.832. The number of halogens is 1. The standard InChI is InChI=1S/C9H9BrO3S/c1-14-7-3-2-5(10)4-6(7)8(11)9(12)13/h2-4,8,11H,1H3,(H,12,13). The van der Waals surface area contributed by atoms with Crippen LogP contribution in [0.3, 0.4) is 0 Å². The van der Waals surface area contributed by atoms with E-state index in [9.17, 15) is 9.90 Å². The Hall–Kier alpha value is -0.520. The summed E-state index contributed by atoms with van der Waals surface area (Å²) in [7, 11) is 0. The molecule has 1 rings (SSSR count). The molecule has 0 spiro atoms. The van der Waals surface area contributed by atoms with Gasteiger partial charge in [-0.3, -0.25) is 0 Å². The molecule has 1 unspecified atom stereocenters. The number of carboxylic acid groups (broad SMARTS) is 1. The SMILES string of the molecule is CSc1ccc(Br)cc1C(O)C(=O)O. The van der Waals surface area contributed by atoms with Crippen LogP contribution in [0.4, 0.5) is 0 Å². The maximum atomic E-state index is 10.6. The Morgan fingerprint density at radius 3 is 2.71 bits per heavy atom. The highest BCUT2D eigenvalue weighted by atomic mass is 79.9. The summed E-state index contributed by atoms with van der Waals surface area (Å²) in [6.07, 6.45) is 0.372. The topological polar surface area (TPSA) is 57.5 Å². The van der Waals surface area contributed by atoms with Crippen molar-refractivity contribution in [2.24, 2.45) is 0 Å². The molecule has 14 heavy (non-hydrogen) atoms. The lowest BCUT2D eigenvalue weighted by Crippen LogP contribution is -2.11. The van der Waals surface area contributed by atoms with Gasteiger partial charge >= 0.3 is 5.97 Å². The van der Waals surface area contributed by atoms with E-state index in [0.29, 0.717) is 5.56 Å². The summed E-state index contributed by atoms with van der Waals surface area (Å²) in [5.41, 5.74) is 0.416. The highest BCUT2D eigenvalue weighted by Crippen LogP contribution is 2.28. The Morgan fingerprint density at radius 2 is 2.21 bits per heavy atom. The van der Waals surface area contributed by atoms with Crippen LogP contribution in [0.5, 0.6) is 0 Å². The van der Waals surface area contributed by atoms with E-state index in [-0.39, 0.29) is 0 Å². The average molecular weight is 277 g/mol. The van der Waals surface area contributed by atoms with Crippen molar-refractivity contribution in [1.82, 2.24) is 0 Å². The number of aliphatic hydroxyl groups is 1. The van der Waals surface area contributed by atoms with Gasteiger partial charge in [-0.15, -0.1) is 11.8 Å². The zero-order valence-corrected chi connectivity index (χ0v) is 9.80. The fraction of sp³-hybridized carbons (Fsp3) is 0.222. The van der Waals surface area contributed by atoms with Crippen molar-refractivity contribution in [2.75, 3.05) is 6.26 Å². The molecule has 0 aromatic heterocycles. The summed E-state index contributed by atoms with van der Waals surface area (Å²) in [5, 5.41) is 18.1. The molecule has 0 amide bonds. The molecule has 5 heteroatoms. The third kappa shape index (κ3) is 2.50. The Bertz CT molecular complexity index is 354. The Balaban J connectivity index is 3.16. The molecule has 2 N–H and O–H groups in total. The van der Waals surface area contributed by atoms with Gasteiger partial charge in [0.2, 0.25) is 0 Å². The Morgan fingerprint density at radius 1 is 1.57 bits per heavy atom. The molecule has 0 fully saturated rings. The van der Waals surface area contributed by atoms with Crippen molar-refractivity contribution in [1.29, 1.82) is 0 Å². The average Bonchev–Trinajstić information content (AvgIpc) is 2.16. The minimum Gasteiger partial charge on any atom is -0.479 e. The Kier molecular flexibility index (Phi) is 3.97. The maximum Gasteiger partial charge on any atom is 0.337 e. The predicted molar refractivity (Wildman–Crippen MR) is 58.5 cm³/mol. The van der Waals surface area contributed by atoms with E-state index in [4.69, 9.17) is 5.11 Å². The number of aliphatic carboxylic acids is 1. The Labute approximate surface area is 94.3 Å². The van der Waals surface area contributed by atoms with Gasteiger partial charge in [-0.1, -0.05) is 15.9 Å². The van der Waals surface area contributed by atoms with Crippen molar-refractivity contribution < 1.29 is 15.0 Å². The lowest BCUT2D eigenvalue weighted by atomic mass is 10.1. The van der Waals surface area contributed by atoms with Crippen LogP contribution in [0.1, 0.15) is 11.7 Å². The van der Waals surface area contributed by atoms with Crippen LogP contribution in [-0.4, -0.2) is 22.4 Å². The smallest absolute Gasteiger partial charge is 0.337 e. The van der Waals surface area contributed by atoms with Crippen LogP contribution in [0.2, 0.25) is 0 Å². The summed E-state index contributed by atoms with van der Waals surface area (Å²) in [5.74, 6) is -1.24. The highest BCUT2D eigenvalue weighted by molar-refractivity contribution is 9.10. The van der Waals surface area contributed by atoms with Crippen LogP contribution in [-0.2, 0) is 4.79 Å². The first-order valence-corrected chi connectivity index (χ1v) is 5.82. The fourth-order valence-electron chi connectivity index (χ4n) is 1.05. The van der Waals surface area contributed by atoms with Gasteiger partial charge in [-0.05, 0) is 24.5 Å². The minimum atomic E-state index is -1.46. The van der Waals surface area contributed by atoms with Crippen molar-refractivity contribution >= 4 is 33.7 Å².